The van der Waals surface area contributed by atoms with E-state index in [0.29, 0.717) is 25.3 Å². The fourth-order valence-corrected chi connectivity index (χ4v) is 2.60. The molecule has 0 radical (unpaired) electrons. The summed E-state index contributed by atoms with van der Waals surface area (Å²) in [4.78, 5) is 2.10. The molecule has 1 fully saturated rings. The van der Waals surface area contributed by atoms with Gasteiger partial charge >= 0.3 is 0 Å². The lowest BCUT2D eigenvalue weighted by atomic mass is 10.2. The van der Waals surface area contributed by atoms with Crippen LogP contribution in [0.3, 0.4) is 0 Å². The Kier molecular flexibility index (Phi) is 3.78. The van der Waals surface area contributed by atoms with E-state index in [2.05, 4.69) is 4.90 Å². The van der Waals surface area contributed by atoms with E-state index in [4.69, 9.17) is 9.29 Å². The quantitative estimate of drug-likeness (QED) is 0.810. The molecule has 1 N–H and O–H groups in total. The summed E-state index contributed by atoms with van der Waals surface area (Å²) >= 11 is 0. The topological polar surface area (TPSA) is 66.8 Å². The fourth-order valence-electron chi connectivity index (χ4n) is 1.89. The van der Waals surface area contributed by atoms with Crippen LogP contribution in [0.5, 0.6) is 0 Å². The molecule has 0 atom stereocenters. The van der Waals surface area contributed by atoms with Crippen LogP contribution in [0.15, 0.2) is 29.2 Å². The maximum absolute atomic E-state index is 11.2. The average Bonchev–Trinajstić information content (AvgIpc) is 2.30. The Labute approximate surface area is 101 Å². The minimum atomic E-state index is -4.14. The van der Waals surface area contributed by atoms with Crippen LogP contribution < -0.4 is 0 Å². The maximum Gasteiger partial charge on any atom is 0.294 e. The molecule has 1 aromatic rings. The summed E-state index contributed by atoms with van der Waals surface area (Å²) in [6.07, 6.45) is 0. The average molecular weight is 257 g/mol. The summed E-state index contributed by atoms with van der Waals surface area (Å²) in [5.74, 6) is 0. The number of ether oxygens (including phenoxy) is 1. The number of benzene rings is 1. The van der Waals surface area contributed by atoms with Gasteiger partial charge in [-0.3, -0.25) is 9.45 Å². The molecule has 94 valence electrons. The van der Waals surface area contributed by atoms with Gasteiger partial charge in [0, 0.05) is 19.6 Å². The van der Waals surface area contributed by atoms with Crippen LogP contribution in [0, 0.1) is 0 Å². The third-order valence-corrected chi connectivity index (χ3v) is 3.70. The third kappa shape index (κ3) is 3.26. The summed E-state index contributed by atoms with van der Waals surface area (Å²) in [6, 6.07) is 6.51. The van der Waals surface area contributed by atoms with E-state index in [0.717, 1.165) is 13.1 Å². The Morgan fingerprint density at radius 2 is 1.88 bits per heavy atom. The normalized spacial score (nSPS) is 18.2. The van der Waals surface area contributed by atoms with Crippen molar-refractivity contribution < 1.29 is 17.7 Å². The van der Waals surface area contributed by atoms with Gasteiger partial charge in [-0.05, 0) is 11.6 Å². The number of morpholine rings is 1. The van der Waals surface area contributed by atoms with Gasteiger partial charge in [0.15, 0.2) is 0 Å². The first-order chi connectivity index (χ1) is 8.07. The number of hydrogen-bond acceptors (Lipinski definition) is 4. The zero-order valence-electron chi connectivity index (χ0n) is 9.37. The van der Waals surface area contributed by atoms with E-state index in [9.17, 15) is 8.42 Å². The molecule has 1 aromatic carbocycles. The Balaban J connectivity index is 2.20. The number of hydrogen-bond donors (Lipinski definition) is 1. The van der Waals surface area contributed by atoms with Gasteiger partial charge in [0.25, 0.3) is 10.1 Å². The second-order valence-electron chi connectivity index (χ2n) is 3.97. The highest BCUT2D eigenvalue weighted by atomic mass is 32.2. The van der Waals surface area contributed by atoms with Gasteiger partial charge in [-0.15, -0.1) is 0 Å². The van der Waals surface area contributed by atoms with Gasteiger partial charge < -0.3 is 4.74 Å². The van der Waals surface area contributed by atoms with Crippen molar-refractivity contribution in [2.45, 2.75) is 11.4 Å². The van der Waals surface area contributed by atoms with Gasteiger partial charge in [-0.2, -0.15) is 8.42 Å². The molecule has 5 nitrogen and oxygen atoms in total. The molecule has 17 heavy (non-hydrogen) atoms. The Morgan fingerprint density at radius 3 is 2.53 bits per heavy atom. The van der Waals surface area contributed by atoms with Crippen LogP contribution in [0.25, 0.3) is 0 Å². The molecule has 0 aromatic heterocycles. The highest BCUT2D eigenvalue weighted by Gasteiger charge is 2.18. The minimum Gasteiger partial charge on any atom is -0.379 e. The zero-order chi connectivity index (χ0) is 12.3. The van der Waals surface area contributed by atoms with E-state index in [1.807, 2.05) is 0 Å². The standard InChI is InChI=1S/C11H15NO4S/c13-17(14,15)11-4-2-1-3-10(11)9-12-5-7-16-8-6-12/h1-4H,5-9H2,(H,13,14,15). The smallest absolute Gasteiger partial charge is 0.294 e. The third-order valence-electron chi connectivity index (χ3n) is 2.75. The molecule has 0 amide bonds. The summed E-state index contributed by atoms with van der Waals surface area (Å²) < 4.78 is 36.8. The molecule has 0 bridgehead atoms. The van der Waals surface area contributed by atoms with Crippen molar-refractivity contribution in [3.05, 3.63) is 29.8 Å². The first kappa shape index (κ1) is 12.5. The summed E-state index contributed by atoms with van der Waals surface area (Å²) in [7, 11) is -4.14. The molecule has 1 saturated heterocycles. The fraction of sp³-hybridized carbons (Fsp3) is 0.455. The highest BCUT2D eigenvalue weighted by molar-refractivity contribution is 7.85. The Bertz CT molecular complexity index is 480. The van der Waals surface area contributed by atoms with Gasteiger partial charge in [0.2, 0.25) is 0 Å². The van der Waals surface area contributed by atoms with Gasteiger partial charge in [0.1, 0.15) is 0 Å². The molecular formula is C11H15NO4S. The second kappa shape index (κ2) is 5.14. The van der Waals surface area contributed by atoms with E-state index < -0.39 is 10.1 Å². The van der Waals surface area contributed by atoms with Crippen LogP contribution in [0.4, 0.5) is 0 Å². The summed E-state index contributed by atoms with van der Waals surface area (Å²) in [5.41, 5.74) is 0.622. The summed E-state index contributed by atoms with van der Waals surface area (Å²) in [5, 5.41) is 0. The van der Waals surface area contributed by atoms with Crippen molar-refractivity contribution in [1.29, 1.82) is 0 Å². The molecule has 0 saturated carbocycles. The lowest BCUT2D eigenvalue weighted by Crippen LogP contribution is -2.36. The highest BCUT2D eigenvalue weighted by Crippen LogP contribution is 2.17. The van der Waals surface area contributed by atoms with E-state index >= 15 is 0 Å². The lowest BCUT2D eigenvalue weighted by molar-refractivity contribution is 0.0338. The second-order valence-corrected chi connectivity index (χ2v) is 5.36. The molecule has 6 heteroatoms. The largest absolute Gasteiger partial charge is 0.379 e. The van der Waals surface area contributed by atoms with E-state index in [1.54, 1.807) is 18.2 Å². The van der Waals surface area contributed by atoms with Gasteiger partial charge in [-0.1, -0.05) is 18.2 Å². The molecule has 1 aliphatic heterocycles. The molecule has 0 aliphatic carbocycles. The monoisotopic (exact) mass is 257 g/mol. The Morgan fingerprint density at radius 1 is 1.24 bits per heavy atom. The van der Waals surface area contributed by atoms with Crippen LogP contribution in [-0.2, 0) is 21.4 Å². The molecule has 0 unspecified atom stereocenters. The van der Waals surface area contributed by atoms with Crippen molar-refractivity contribution in [1.82, 2.24) is 4.90 Å². The maximum atomic E-state index is 11.2. The molecule has 1 heterocycles. The van der Waals surface area contributed by atoms with E-state index in [-0.39, 0.29) is 4.90 Å². The predicted octanol–water partition coefficient (Wildman–Crippen LogP) is 0.766. The van der Waals surface area contributed by atoms with Crippen LogP contribution >= 0.6 is 0 Å². The molecular weight excluding hydrogens is 242 g/mol. The van der Waals surface area contributed by atoms with Crippen molar-refractivity contribution in [2.75, 3.05) is 26.3 Å². The predicted molar refractivity (Wildman–Crippen MR) is 62.4 cm³/mol. The van der Waals surface area contributed by atoms with Crippen molar-refractivity contribution >= 4 is 10.1 Å². The number of rotatable bonds is 3. The molecule has 2 rings (SSSR count). The first-order valence-corrected chi connectivity index (χ1v) is 6.87. The van der Waals surface area contributed by atoms with Crippen molar-refractivity contribution in [2.24, 2.45) is 0 Å². The SMILES string of the molecule is O=S(=O)(O)c1ccccc1CN1CCOCC1. The van der Waals surface area contributed by atoms with Crippen molar-refractivity contribution in [3.8, 4) is 0 Å². The van der Waals surface area contributed by atoms with Crippen LogP contribution in [-0.4, -0.2) is 44.2 Å². The van der Waals surface area contributed by atoms with Gasteiger partial charge in [0.05, 0.1) is 18.1 Å². The molecule has 0 spiro atoms. The summed E-state index contributed by atoms with van der Waals surface area (Å²) in [6.45, 7) is 3.39. The van der Waals surface area contributed by atoms with Crippen LogP contribution in [0.1, 0.15) is 5.56 Å². The van der Waals surface area contributed by atoms with Crippen LogP contribution in [0.2, 0.25) is 0 Å². The number of nitrogens with zero attached hydrogens (tertiary/aromatic N) is 1. The van der Waals surface area contributed by atoms with Gasteiger partial charge in [-0.25, -0.2) is 0 Å². The van der Waals surface area contributed by atoms with Crippen molar-refractivity contribution in [3.63, 3.8) is 0 Å². The Hall–Kier alpha value is -0.950. The lowest BCUT2D eigenvalue weighted by Gasteiger charge is -2.27. The minimum absolute atomic E-state index is 0.00788. The molecule has 1 aliphatic rings. The van der Waals surface area contributed by atoms with E-state index in [1.165, 1.54) is 6.07 Å². The zero-order valence-corrected chi connectivity index (χ0v) is 10.2. The first-order valence-electron chi connectivity index (χ1n) is 5.43.